The average Bonchev–Trinajstić information content (AvgIpc) is 2.62. The summed E-state index contributed by atoms with van der Waals surface area (Å²) in [4.78, 5) is 4.12. The van der Waals surface area contributed by atoms with Crippen LogP contribution in [0, 0.1) is 0 Å². The van der Waals surface area contributed by atoms with Crippen LogP contribution in [0.5, 0.6) is 0 Å². The van der Waals surface area contributed by atoms with Gasteiger partial charge in [-0.3, -0.25) is 0 Å². The molecule has 0 aliphatic carbocycles. The molecule has 0 saturated carbocycles. The lowest BCUT2D eigenvalue weighted by Gasteiger charge is -2.18. The SMILES string of the molecule is c1csc(CCCN2CCCNCC2)c1. The third-order valence-corrected chi connectivity index (χ3v) is 3.85. The Kier molecular flexibility index (Phi) is 4.64. The molecule has 15 heavy (non-hydrogen) atoms. The summed E-state index contributed by atoms with van der Waals surface area (Å²) >= 11 is 1.88. The fourth-order valence-corrected chi connectivity index (χ4v) is 2.81. The number of nitrogens with zero attached hydrogens (tertiary/aromatic N) is 1. The summed E-state index contributed by atoms with van der Waals surface area (Å²) in [5.41, 5.74) is 0. The molecule has 3 heteroatoms. The summed E-state index contributed by atoms with van der Waals surface area (Å²) < 4.78 is 0. The summed E-state index contributed by atoms with van der Waals surface area (Å²) in [7, 11) is 0. The number of nitrogens with one attached hydrogen (secondary N) is 1. The van der Waals surface area contributed by atoms with Gasteiger partial charge in [-0.15, -0.1) is 11.3 Å². The van der Waals surface area contributed by atoms with E-state index in [2.05, 4.69) is 27.7 Å². The Morgan fingerprint density at radius 3 is 3.20 bits per heavy atom. The van der Waals surface area contributed by atoms with Gasteiger partial charge in [0.05, 0.1) is 0 Å². The van der Waals surface area contributed by atoms with Crippen molar-refractivity contribution in [1.29, 1.82) is 0 Å². The molecule has 1 saturated heterocycles. The summed E-state index contributed by atoms with van der Waals surface area (Å²) in [6, 6.07) is 4.39. The second-order valence-corrected chi connectivity index (χ2v) is 5.16. The van der Waals surface area contributed by atoms with Crippen LogP contribution in [0.25, 0.3) is 0 Å². The van der Waals surface area contributed by atoms with Crippen molar-refractivity contribution in [2.24, 2.45) is 0 Å². The fraction of sp³-hybridized carbons (Fsp3) is 0.667. The van der Waals surface area contributed by atoms with Crippen molar-refractivity contribution in [1.82, 2.24) is 10.2 Å². The van der Waals surface area contributed by atoms with Gasteiger partial charge in [-0.1, -0.05) is 6.07 Å². The first-order valence-electron chi connectivity index (χ1n) is 5.90. The normalized spacial score (nSPS) is 18.9. The van der Waals surface area contributed by atoms with E-state index in [4.69, 9.17) is 0 Å². The van der Waals surface area contributed by atoms with Gasteiger partial charge in [0.1, 0.15) is 0 Å². The minimum Gasteiger partial charge on any atom is -0.315 e. The summed E-state index contributed by atoms with van der Waals surface area (Å²) in [5.74, 6) is 0. The topological polar surface area (TPSA) is 15.3 Å². The van der Waals surface area contributed by atoms with Crippen LogP contribution >= 0.6 is 11.3 Å². The van der Waals surface area contributed by atoms with Crippen LogP contribution in [0.3, 0.4) is 0 Å². The van der Waals surface area contributed by atoms with Gasteiger partial charge in [0.15, 0.2) is 0 Å². The Morgan fingerprint density at radius 2 is 2.33 bits per heavy atom. The van der Waals surface area contributed by atoms with Crippen molar-refractivity contribution in [2.75, 3.05) is 32.7 Å². The highest BCUT2D eigenvalue weighted by Crippen LogP contribution is 2.11. The first-order valence-corrected chi connectivity index (χ1v) is 6.78. The second-order valence-electron chi connectivity index (χ2n) is 4.13. The van der Waals surface area contributed by atoms with Crippen molar-refractivity contribution in [3.63, 3.8) is 0 Å². The molecule has 1 aliphatic rings. The van der Waals surface area contributed by atoms with Crippen LogP contribution in [-0.2, 0) is 6.42 Å². The molecule has 84 valence electrons. The summed E-state index contributed by atoms with van der Waals surface area (Å²) in [5, 5.41) is 5.61. The minimum absolute atomic E-state index is 1.17. The maximum absolute atomic E-state index is 3.44. The molecule has 0 unspecified atom stereocenters. The van der Waals surface area contributed by atoms with E-state index in [1.54, 1.807) is 0 Å². The third-order valence-electron chi connectivity index (χ3n) is 2.91. The molecule has 0 amide bonds. The number of thiophene rings is 1. The molecule has 0 bridgehead atoms. The zero-order chi connectivity index (χ0) is 10.3. The lowest BCUT2D eigenvalue weighted by molar-refractivity contribution is 0.289. The molecule has 2 nitrogen and oxygen atoms in total. The van der Waals surface area contributed by atoms with E-state index in [1.807, 2.05) is 11.3 Å². The van der Waals surface area contributed by atoms with Gasteiger partial charge in [0, 0.05) is 18.0 Å². The molecular formula is C12H20N2S. The number of hydrogen-bond donors (Lipinski definition) is 1. The Labute approximate surface area is 96.3 Å². The van der Waals surface area contributed by atoms with Crippen LogP contribution in [0.1, 0.15) is 17.7 Å². The number of hydrogen-bond acceptors (Lipinski definition) is 3. The number of rotatable bonds is 4. The second kappa shape index (κ2) is 6.26. The van der Waals surface area contributed by atoms with E-state index < -0.39 is 0 Å². The van der Waals surface area contributed by atoms with Crippen molar-refractivity contribution in [3.05, 3.63) is 22.4 Å². The maximum atomic E-state index is 3.44. The maximum Gasteiger partial charge on any atom is 0.0107 e. The zero-order valence-corrected chi connectivity index (χ0v) is 10.1. The van der Waals surface area contributed by atoms with Gasteiger partial charge in [0.2, 0.25) is 0 Å². The molecule has 0 radical (unpaired) electrons. The lowest BCUT2D eigenvalue weighted by Crippen LogP contribution is -2.29. The molecular weight excluding hydrogens is 204 g/mol. The molecule has 1 aromatic heterocycles. The highest BCUT2D eigenvalue weighted by Gasteiger charge is 2.07. The Morgan fingerprint density at radius 1 is 1.33 bits per heavy atom. The van der Waals surface area contributed by atoms with Crippen LogP contribution in [0.2, 0.25) is 0 Å². The predicted octanol–water partition coefficient (Wildman–Crippen LogP) is 1.98. The Balaban J connectivity index is 1.64. The summed E-state index contributed by atoms with van der Waals surface area (Å²) in [6.45, 7) is 6.13. The first kappa shape index (κ1) is 11.1. The van der Waals surface area contributed by atoms with Crippen molar-refractivity contribution in [2.45, 2.75) is 19.3 Å². The summed E-state index contributed by atoms with van der Waals surface area (Å²) in [6.07, 6.45) is 3.86. The molecule has 1 fully saturated rings. The zero-order valence-electron chi connectivity index (χ0n) is 9.24. The molecule has 1 N–H and O–H groups in total. The van der Waals surface area contributed by atoms with Gasteiger partial charge in [0.25, 0.3) is 0 Å². The monoisotopic (exact) mass is 224 g/mol. The third kappa shape index (κ3) is 3.93. The molecule has 0 spiro atoms. The Bertz CT molecular complexity index is 251. The van der Waals surface area contributed by atoms with Crippen LogP contribution in [0.15, 0.2) is 17.5 Å². The van der Waals surface area contributed by atoms with E-state index in [1.165, 1.54) is 56.9 Å². The molecule has 2 rings (SSSR count). The van der Waals surface area contributed by atoms with Gasteiger partial charge < -0.3 is 10.2 Å². The van der Waals surface area contributed by atoms with E-state index in [0.29, 0.717) is 0 Å². The van der Waals surface area contributed by atoms with E-state index in [9.17, 15) is 0 Å². The molecule has 1 aromatic rings. The van der Waals surface area contributed by atoms with Crippen molar-refractivity contribution < 1.29 is 0 Å². The smallest absolute Gasteiger partial charge is 0.0107 e. The van der Waals surface area contributed by atoms with Crippen molar-refractivity contribution in [3.8, 4) is 0 Å². The van der Waals surface area contributed by atoms with E-state index >= 15 is 0 Å². The van der Waals surface area contributed by atoms with Gasteiger partial charge >= 0.3 is 0 Å². The molecule has 2 heterocycles. The molecule has 0 atom stereocenters. The molecule has 0 aromatic carbocycles. The number of aryl methyl sites for hydroxylation is 1. The van der Waals surface area contributed by atoms with Gasteiger partial charge in [-0.2, -0.15) is 0 Å². The predicted molar refractivity (Wildman–Crippen MR) is 66.6 cm³/mol. The highest BCUT2D eigenvalue weighted by molar-refractivity contribution is 7.09. The minimum atomic E-state index is 1.17. The van der Waals surface area contributed by atoms with Crippen LogP contribution in [-0.4, -0.2) is 37.6 Å². The first-order chi connectivity index (χ1) is 7.45. The van der Waals surface area contributed by atoms with Crippen LogP contribution in [0.4, 0.5) is 0 Å². The van der Waals surface area contributed by atoms with Gasteiger partial charge in [-0.05, 0) is 50.3 Å². The van der Waals surface area contributed by atoms with Gasteiger partial charge in [-0.25, -0.2) is 0 Å². The largest absolute Gasteiger partial charge is 0.315 e. The van der Waals surface area contributed by atoms with E-state index in [0.717, 1.165) is 0 Å². The van der Waals surface area contributed by atoms with Crippen LogP contribution < -0.4 is 5.32 Å². The standard InChI is InChI=1S/C12H20N2S/c1(4-12-5-2-11-15-12)8-14-9-3-6-13-7-10-14/h2,5,11,13H,1,3-4,6-10H2. The highest BCUT2D eigenvalue weighted by atomic mass is 32.1. The van der Waals surface area contributed by atoms with E-state index in [-0.39, 0.29) is 0 Å². The van der Waals surface area contributed by atoms with Crippen molar-refractivity contribution >= 4 is 11.3 Å². The lowest BCUT2D eigenvalue weighted by atomic mass is 10.2. The Hall–Kier alpha value is -0.380. The molecule has 1 aliphatic heterocycles. The fourth-order valence-electron chi connectivity index (χ4n) is 2.06. The average molecular weight is 224 g/mol. The quantitative estimate of drug-likeness (QED) is 0.841.